The molecule has 0 unspecified atom stereocenters. The van der Waals surface area contributed by atoms with Crippen LogP contribution in [0, 0.1) is 36.5 Å². The molecule has 0 radical (unpaired) electrons. The molecule has 3 heteroatoms. The van der Waals surface area contributed by atoms with Gasteiger partial charge in [-0.1, -0.05) is 19.1 Å². The number of hydrogen-bond acceptors (Lipinski definition) is 2. The van der Waals surface area contributed by atoms with Gasteiger partial charge in [0.05, 0.1) is 6.07 Å². The molecule has 0 saturated heterocycles. The summed E-state index contributed by atoms with van der Waals surface area (Å²) in [7, 11) is 0. The zero-order valence-corrected chi connectivity index (χ0v) is 11.1. The van der Waals surface area contributed by atoms with Crippen LogP contribution in [-0.2, 0) is 4.79 Å². The van der Waals surface area contributed by atoms with Crippen molar-refractivity contribution in [2.24, 2.45) is 11.3 Å². The van der Waals surface area contributed by atoms with Gasteiger partial charge >= 0.3 is 0 Å². The van der Waals surface area contributed by atoms with Crippen LogP contribution in [0.15, 0.2) is 18.2 Å². The van der Waals surface area contributed by atoms with Crippen molar-refractivity contribution in [3.63, 3.8) is 0 Å². The quantitative estimate of drug-likeness (QED) is 0.866. The molecule has 94 valence electrons. The number of carbonyl (C=O) groups is 1. The molecule has 0 atom stereocenters. The summed E-state index contributed by atoms with van der Waals surface area (Å²) in [6, 6.07) is 8.12. The second-order valence-electron chi connectivity index (χ2n) is 5.48. The maximum atomic E-state index is 12.2. The van der Waals surface area contributed by atoms with Gasteiger partial charge in [0.2, 0.25) is 5.91 Å². The molecule has 1 N–H and O–H groups in total. The van der Waals surface area contributed by atoms with Gasteiger partial charge in [-0.2, -0.15) is 5.26 Å². The number of nitriles is 1. The van der Waals surface area contributed by atoms with E-state index in [1.165, 1.54) is 0 Å². The summed E-state index contributed by atoms with van der Waals surface area (Å²) >= 11 is 0. The molecule has 2 rings (SSSR count). The summed E-state index contributed by atoms with van der Waals surface area (Å²) in [5.41, 5.74) is 2.13. The van der Waals surface area contributed by atoms with Crippen molar-refractivity contribution in [1.29, 1.82) is 5.26 Å². The molecule has 0 heterocycles. The molecule has 1 saturated carbocycles. The predicted molar refractivity (Wildman–Crippen MR) is 71.0 cm³/mol. The second kappa shape index (κ2) is 4.45. The van der Waals surface area contributed by atoms with E-state index < -0.39 is 5.41 Å². The molecular formula is C15H18N2O. The highest BCUT2D eigenvalue weighted by Gasteiger charge is 2.49. The minimum atomic E-state index is -0.810. The van der Waals surface area contributed by atoms with Crippen molar-refractivity contribution >= 4 is 11.6 Å². The first-order valence-corrected chi connectivity index (χ1v) is 6.27. The zero-order chi connectivity index (χ0) is 13.3. The number of hydrogen-bond donors (Lipinski definition) is 1. The highest BCUT2D eigenvalue weighted by molar-refractivity contribution is 5.98. The van der Waals surface area contributed by atoms with Gasteiger partial charge in [0.1, 0.15) is 5.41 Å². The molecule has 1 amide bonds. The van der Waals surface area contributed by atoms with Crippen LogP contribution in [0.2, 0.25) is 0 Å². The first-order valence-electron chi connectivity index (χ1n) is 6.27. The Hall–Kier alpha value is -1.82. The van der Waals surface area contributed by atoms with Gasteiger partial charge in [-0.3, -0.25) is 4.79 Å². The van der Waals surface area contributed by atoms with Crippen LogP contribution >= 0.6 is 0 Å². The van der Waals surface area contributed by atoms with Crippen LogP contribution in [0.1, 0.15) is 30.9 Å². The largest absolute Gasteiger partial charge is 0.324 e. The van der Waals surface area contributed by atoms with Crippen molar-refractivity contribution in [2.45, 2.75) is 33.6 Å². The Balaban J connectivity index is 2.17. The van der Waals surface area contributed by atoms with Crippen molar-refractivity contribution in [2.75, 3.05) is 5.32 Å². The molecule has 1 fully saturated rings. The molecule has 0 spiro atoms. The van der Waals surface area contributed by atoms with E-state index in [1.807, 2.05) is 32.0 Å². The number of carbonyl (C=O) groups excluding carboxylic acids is 1. The molecule has 0 aromatic heterocycles. The van der Waals surface area contributed by atoms with E-state index in [0.717, 1.165) is 16.8 Å². The van der Waals surface area contributed by atoms with Crippen molar-refractivity contribution in [1.82, 2.24) is 0 Å². The highest BCUT2D eigenvalue weighted by atomic mass is 16.2. The average Bonchev–Trinajstić information content (AvgIpc) is 2.29. The average molecular weight is 242 g/mol. The summed E-state index contributed by atoms with van der Waals surface area (Å²) in [6.07, 6.45) is 1.33. The third-order valence-corrected chi connectivity index (χ3v) is 3.68. The molecule has 1 aromatic rings. The number of benzene rings is 1. The Morgan fingerprint density at radius 2 is 2.11 bits per heavy atom. The monoisotopic (exact) mass is 242 g/mol. The van der Waals surface area contributed by atoms with Gasteiger partial charge in [0.15, 0.2) is 0 Å². The fraction of sp³-hybridized carbons (Fsp3) is 0.467. The van der Waals surface area contributed by atoms with Crippen LogP contribution < -0.4 is 5.32 Å². The lowest BCUT2D eigenvalue weighted by atomic mass is 9.63. The Labute approximate surface area is 108 Å². The number of rotatable bonds is 2. The lowest BCUT2D eigenvalue weighted by Gasteiger charge is -2.39. The lowest BCUT2D eigenvalue weighted by Crippen LogP contribution is -2.45. The van der Waals surface area contributed by atoms with Crippen LogP contribution in [0.25, 0.3) is 0 Å². The first-order chi connectivity index (χ1) is 8.47. The molecule has 1 aliphatic carbocycles. The van der Waals surface area contributed by atoms with Gasteiger partial charge in [-0.15, -0.1) is 0 Å². The zero-order valence-electron chi connectivity index (χ0n) is 11.1. The smallest absolute Gasteiger partial charge is 0.244 e. The van der Waals surface area contributed by atoms with Gasteiger partial charge < -0.3 is 5.32 Å². The van der Waals surface area contributed by atoms with Crippen molar-refractivity contribution in [3.05, 3.63) is 29.3 Å². The molecule has 18 heavy (non-hydrogen) atoms. The number of nitrogens with zero attached hydrogens (tertiary/aromatic N) is 1. The fourth-order valence-corrected chi connectivity index (χ4v) is 2.57. The van der Waals surface area contributed by atoms with Gasteiger partial charge in [-0.05, 0) is 49.8 Å². The van der Waals surface area contributed by atoms with E-state index in [4.69, 9.17) is 0 Å². The van der Waals surface area contributed by atoms with Crippen molar-refractivity contribution in [3.8, 4) is 6.07 Å². The Kier molecular flexibility index (Phi) is 3.13. The summed E-state index contributed by atoms with van der Waals surface area (Å²) in [5, 5.41) is 12.1. The molecule has 3 nitrogen and oxygen atoms in total. The molecular weight excluding hydrogens is 224 g/mol. The van der Waals surface area contributed by atoms with E-state index >= 15 is 0 Å². The SMILES string of the molecule is Cc1ccc(C)c(NC(=O)C2(C#N)CC(C)C2)c1. The maximum absolute atomic E-state index is 12.2. The number of anilines is 1. The predicted octanol–water partition coefficient (Wildman–Crippen LogP) is 3.18. The van der Waals surface area contributed by atoms with Crippen LogP contribution in [0.5, 0.6) is 0 Å². The van der Waals surface area contributed by atoms with E-state index in [9.17, 15) is 10.1 Å². The summed E-state index contributed by atoms with van der Waals surface area (Å²) < 4.78 is 0. The molecule has 0 aliphatic heterocycles. The maximum Gasteiger partial charge on any atom is 0.244 e. The van der Waals surface area contributed by atoms with Gasteiger partial charge in [0.25, 0.3) is 0 Å². The summed E-state index contributed by atoms with van der Waals surface area (Å²) in [4.78, 5) is 12.2. The topological polar surface area (TPSA) is 52.9 Å². The Morgan fingerprint density at radius 1 is 1.44 bits per heavy atom. The summed E-state index contributed by atoms with van der Waals surface area (Å²) in [5.74, 6) is 0.311. The molecule has 1 aromatic carbocycles. The molecule has 1 aliphatic rings. The standard InChI is InChI=1S/C15H18N2O/c1-10-4-5-12(3)13(6-10)17-14(18)15(9-16)7-11(2)8-15/h4-6,11H,7-8H2,1-3H3,(H,17,18). The fourth-order valence-electron chi connectivity index (χ4n) is 2.57. The van der Waals surface area contributed by atoms with E-state index in [-0.39, 0.29) is 5.91 Å². The van der Waals surface area contributed by atoms with Crippen LogP contribution in [0.3, 0.4) is 0 Å². The van der Waals surface area contributed by atoms with E-state index in [2.05, 4.69) is 18.3 Å². The van der Waals surface area contributed by atoms with Crippen LogP contribution in [0.4, 0.5) is 5.69 Å². The number of aryl methyl sites for hydroxylation is 2. The van der Waals surface area contributed by atoms with E-state index in [0.29, 0.717) is 18.8 Å². The lowest BCUT2D eigenvalue weighted by molar-refractivity contribution is -0.128. The first kappa shape index (κ1) is 12.6. The minimum absolute atomic E-state index is 0.156. The highest BCUT2D eigenvalue weighted by Crippen LogP contribution is 2.45. The minimum Gasteiger partial charge on any atom is -0.324 e. The van der Waals surface area contributed by atoms with Crippen LogP contribution in [-0.4, -0.2) is 5.91 Å². The third-order valence-electron chi connectivity index (χ3n) is 3.68. The summed E-state index contributed by atoms with van der Waals surface area (Å²) in [6.45, 7) is 6.01. The van der Waals surface area contributed by atoms with E-state index in [1.54, 1.807) is 0 Å². The molecule has 0 bridgehead atoms. The Bertz CT molecular complexity index is 522. The number of amides is 1. The number of nitrogens with one attached hydrogen (secondary N) is 1. The normalized spacial score (nSPS) is 26.0. The third kappa shape index (κ3) is 2.11. The van der Waals surface area contributed by atoms with Gasteiger partial charge in [-0.25, -0.2) is 0 Å². The Morgan fingerprint density at radius 3 is 2.67 bits per heavy atom. The second-order valence-corrected chi connectivity index (χ2v) is 5.48. The van der Waals surface area contributed by atoms with Crippen molar-refractivity contribution < 1.29 is 4.79 Å². The van der Waals surface area contributed by atoms with Gasteiger partial charge in [0, 0.05) is 5.69 Å².